The maximum absolute atomic E-state index is 6.16. The normalized spacial score (nSPS) is 12.3. The zero-order valence-electron chi connectivity index (χ0n) is 12.7. The van der Waals surface area contributed by atoms with Crippen molar-refractivity contribution in [2.75, 3.05) is 0 Å². The molecular weight excluding hydrogens is 365 g/mol. The lowest BCUT2D eigenvalue weighted by atomic mass is 10.1. The van der Waals surface area contributed by atoms with Gasteiger partial charge < -0.3 is 10.2 Å². The summed E-state index contributed by atoms with van der Waals surface area (Å²) in [6.07, 6.45) is 0.649. The fourth-order valence-electron chi connectivity index (χ4n) is 2.16. The lowest BCUT2D eigenvalue weighted by molar-refractivity contribution is 0.385. The summed E-state index contributed by atoms with van der Waals surface area (Å²) in [5, 5.41) is 9.79. The second-order valence-corrected chi connectivity index (χ2v) is 7.00. The van der Waals surface area contributed by atoms with Crippen molar-refractivity contribution in [2.24, 2.45) is 5.73 Å². The van der Waals surface area contributed by atoms with Crippen LogP contribution in [-0.4, -0.2) is 10.2 Å². The summed E-state index contributed by atoms with van der Waals surface area (Å²) < 4.78 is 5.65. The van der Waals surface area contributed by atoms with Crippen LogP contribution in [-0.2, 0) is 12.2 Å². The Morgan fingerprint density at radius 3 is 2.62 bits per heavy atom. The summed E-state index contributed by atoms with van der Waals surface area (Å²) in [5.41, 5.74) is 8.23. The molecule has 3 aromatic rings. The number of hydrogen-bond acceptors (Lipinski definition) is 5. The van der Waals surface area contributed by atoms with Gasteiger partial charge in [-0.3, -0.25) is 0 Å². The molecule has 2 N–H and O–H groups in total. The molecule has 0 spiro atoms. The molecule has 24 heavy (non-hydrogen) atoms. The average Bonchev–Trinajstić information content (AvgIpc) is 3.04. The number of nitrogens with two attached hydrogens (primary N) is 1. The molecule has 0 amide bonds. The Balaban J connectivity index is 1.61. The summed E-state index contributed by atoms with van der Waals surface area (Å²) in [5.74, 6) is 1.05. The highest BCUT2D eigenvalue weighted by Gasteiger charge is 2.15. The van der Waals surface area contributed by atoms with Crippen LogP contribution in [0.25, 0.3) is 0 Å². The molecule has 0 saturated heterocycles. The Kier molecular flexibility index (Phi) is 5.79. The summed E-state index contributed by atoms with van der Waals surface area (Å²) >= 11 is 13.5. The monoisotopic (exact) mass is 379 g/mol. The van der Waals surface area contributed by atoms with Gasteiger partial charge in [-0.25, -0.2) is 0 Å². The van der Waals surface area contributed by atoms with E-state index in [-0.39, 0.29) is 6.04 Å². The minimum Gasteiger partial charge on any atom is -0.414 e. The van der Waals surface area contributed by atoms with E-state index >= 15 is 0 Å². The van der Waals surface area contributed by atoms with E-state index in [1.807, 2.05) is 36.4 Å². The second-order valence-electron chi connectivity index (χ2n) is 5.23. The topological polar surface area (TPSA) is 64.9 Å². The molecule has 1 heterocycles. The number of thioether (sulfide) groups is 1. The predicted octanol–water partition coefficient (Wildman–Crippen LogP) is 4.91. The molecule has 0 aliphatic carbocycles. The Labute approximate surface area is 154 Å². The van der Waals surface area contributed by atoms with E-state index in [1.54, 1.807) is 12.1 Å². The number of hydrogen-bond donors (Lipinski definition) is 1. The first kappa shape index (κ1) is 17.3. The Bertz CT molecular complexity index is 811. The van der Waals surface area contributed by atoms with E-state index in [1.165, 1.54) is 11.8 Å². The maximum Gasteiger partial charge on any atom is 0.276 e. The van der Waals surface area contributed by atoms with Crippen LogP contribution in [0.5, 0.6) is 0 Å². The number of nitrogens with zero attached hydrogens (tertiary/aromatic N) is 2. The Morgan fingerprint density at radius 1 is 1.08 bits per heavy atom. The lowest BCUT2D eigenvalue weighted by Gasteiger charge is -2.06. The van der Waals surface area contributed by atoms with Crippen LogP contribution in [0.3, 0.4) is 0 Å². The van der Waals surface area contributed by atoms with Crippen LogP contribution in [0, 0.1) is 0 Å². The van der Waals surface area contributed by atoms with Crippen molar-refractivity contribution in [3.05, 3.63) is 75.6 Å². The quantitative estimate of drug-likeness (QED) is 0.616. The van der Waals surface area contributed by atoms with Crippen molar-refractivity contribution in [1.29, 1.82) is 0 Å². The number of benzene rings is 2. The molecule has 1 aromatic heterocycles. The molecule has 1 atom stereocenters. The average molecular weight is 380 g/mol. The minimum atomic E-state index is -0.326. The molecule has 1 unspecified atom stereocenters. The van der Waals surface area contributed by atoms with Crippen LogP contribution in [0.4, 0.5) is 0 Å². The Hall–Kier alpha value is -1.53. The zero-order valence-corrected chi connectivity index (χ0v) is 15.0. The van der Waals surface area contributed by atoms with E-state index < -0.39 is 0 Å². The van der Waals surface area contributed by atoms with Gasteiger partial charge in [-0.1, -0.05) is 71.4 Å². The van der Waals surface area contributed by atoms with Crippen molar-refractivity contribution in [2.45, 2.75) is 23.4 Å². The van der Waals surface area contributed by atoms with Gasteiger partial charge in [0.1, 0.15) is 0 Å². The third kappa shape index (κ3) is 4.51. The summed E-state index contributed by atoms with van der Waals surface area (Å²) in [6, 6.07) is 15.1. The Morgan fingerprint density at radius 2 is 1.88 bits per heavy atom. The molecule has 0 radical (unpaired) electrons. The second kappa shape index (κ2) is 8.03. The van der Waals surface area contributed by atoms with Crippen molar-refractivity contribution in [3.63, 3.8) is 0 Å². The van der Waals surface area contributed by atoms with Crippen LogP contribution < -0.4 is 5.73 Å². The maximum atomic E-state index is 6.16. The molecular formula is C17H15Cl2N3OS. The standard InChI is InChI=1S/C17H15Cl2N3OS/c18-13-7-6-12(14(19)9-13)10-24-17-22-21-16(23-17)15(20)8-11-4-2-1-3-5-11/h1-7,9,15H,8,10,20H2. The molecule has 0 bridgehead atoms. The van der Waals surface area contributed by atoms with Gasteiger partial charge in [0.25, 0.3) is 5.22 Å². The molecule has 0 fully saturated rings. The number of rotatable bonds is 6. The highest BCUT2D eigenvalue weighted by atomic mass is 35.5. The van der Waals surface area contributed by atoms with Gasteiger partial charge in [0.05, 0.1) is 6.04 Å². The van der Waals surface area contributed by atoms with Crippen LogP contribution >= 0.6 is 35.0 Å². The lowest BCUT2D eigenvalue weighted by Crippen LogP contribution is -2.13. The SMILES string of the molecule is NC(Cc1ccccc1)c1nnc(SCc2ccc(Cl)cc2Cl)o1. The minimum absolute atomic E-state index is 0.326. The third-order valence-electron chi connectivity index (χ3n) is 3.40. The summed E-state index contributed by atoms with van der Waals surface area (Å²) in [4.78, 5) is 0. The molecule has 0 saturated carbocycles. The molecule has 2 aromatic carbocycles. The summed E-state index contributed by atoms with van der Waals surface area (Å²) in [6.45, 7) is 0. The molecule has 3 rings (SSSR count). The highest BCUT2D eigenvalue weighted by molar-refractivity contribution is 7.98. The van der Waals surface area contributed by atoms with Gasteiger partial charge in [0.2, 0.25) is 5.89 Å². The fourth-order valence-corrected chi connectivity index (χ4v) is 3.49. The molecule has 7 heteroatoms. The van der Waals surface area contributed by atoms with Crippen molar-refractivity contribution in [3.8, 4) is 0 Å². The molecule has 0 aliphatic heterocycles. The largest absolute Gasteiger partial charge is 0.414 e. The van der Waals surface area contributed by atoms with Crippen LogP contribution in [0.2, 0.25) is 10.0 Å². The third-order valence-corrected chi connectivity index (χ3v) is 4.86. The predicted molar refractivity (Wildman–Crippen MR) is 97.4 cm³/mol. The smallest absolute Gasteiger partial charge is 0.276 e. The van der Waals surface area contributed by atoms with Gasteiger partial charge >= 0.3 is 0 Å². The van der Waals surface area contributed by atoms with Gasteiger partial charge in [0, 0.05) is 15.8 Å². The first-order valence-electron chi connectivity index (χ1n) is 7.31. The first-order valence-corrected chi connectivity index (χ1v) is 9.05. The van der Waals surface area contributed by atoms with Gasteiger partial charge in [0.15, 0.2) is 0 Å². The van der Waals surface area contributed by atoms with Gasteiger partial charge in [-0.15, -0.1) is 10.2 Å². The van der Waals surface area contributed by atoms with E-state index in [9.17, 15) is 0 Å². The molecule has 124 valence electrons. The van der Waals surface area contributed by atoms with E-state index in [0.29, 0.717) is 33.3 Å². The van der Waals surface area contributed by atoms with E-state index in [4.69, 9.17) is 33.4 Å². The first-order chi connectivity index (χ1) is 11.6. The van der Waals surface area contributed by atoms with Crippen molar-refractivity contribution >= 4 is 35.0 Å². The number of aromatic nitrogens is 2. The highest BCUT2D eigenvalue weighted by Crippen LogP contribution is 2.28. The van der Waals surface area contributed by atoms with E-state index in [2.05, 4.69) is 10.2 Å². The van der Waals surface area contributed by atoms with E-state index in [0.717, 1.165) is 11.1 Å². The molecule has 4 nitrogen and oxygen atoms in total. The van der Waals surface area contributed by atoms with Gasteiger partial charge in [-0.2, -0.15) is 0 Å². The molecule has 0 aliphatic rings. The van der Waals surface area contributed by atoms with Crippen LogP contribution in [0.15, 0.2) is 58.2 Å². The summed E-state index contributed by atoms with van der Waals surface area (Å²) in [7, 11) is 0. The van der Waals surface area contributed by atoms with Crippen molar-refractivity contribution in [1.82, 2.24) is 10.2 Å². The number of halogens is 2. The fraction of sp³-hybridized carbons (Fsp3) is 0.176. The zero-order chi connectivity index (χ0) is 16.9. The van der Waals surface area contributed by atoms with Crippen molar-refractivity contribution < 1.29 is 4.42 Å². The van der Waals surface area contributed by atoms with Gasteiger partial charge in [-0.05, 0) is 29.7 Å². The van der Waals surface area contributed by atoms with Crippen LogP contribution in [0.1, 0.15) is 23.1 Å².